The fraction of sp³-hybridized carbons (Fsp3) is 0.0500. The van der Waals surface area contributed by atoms with Gasteiger partial charge in [-0.2, -0.15) is 0 Å². The Bertz CT molecular complexity index is 4280. The molecule has 0 saturated heterocycles. The van der Waals surface area contributed by atoms with E-state index in [-0.39, 0.29) is 28.2 Å². The first-order valence-corrected chi connectivity index (χ1v) is 21.5. The van der Waals surface area contributed by atoms with Crippen LogP contribution in [0.1, 0.15) is 39.0 Å². The van der Waals surface area contributed by atoms with Crippen LogP contribution in [0, 0.1) is 0 Å². The SMILES string of the molecule is [2H]c1c([2H])c([2H])c(-c2cccc(-n3c4ccccc4c4ccc5c6ccccc6n(-c6ccc(-c7nc(-c8ccccc8)nc(-c8ccccc8C(C)C)n7)cc6)c5c43)c2-c2c([2H])c([2H])c([2H])c([2H])c2[2H])c([2H])c1[2H]. The molecule has 3 heterocycles. The van der Waals surface area contributed by atoms with Crippen molar-refractivity contribution in [1.82, 2.24) is 24.1 Å². The van der Waals surface area contributed by atoms with Gasteiger partial charge >= 0.3 is 0 Å². The van der Waals surface area contributed by atoms with Gasteiger partial charge in [0.2, 0.25) is 0 Å². The molecule has 3 aromatic heterocycles. The van der Waals surface area contributed by atoms with Crippen molar-refractivity contribution < 1.29 is 13.7 Å². The van der Waals surface area contributed by atoms with Crippen molar-refractivity contribution in [3.05, 3.63) is 224 Å². The van der Waals surface area contributed by atoms with Gasteiger partial charge in [0.1, 0.15) is 0 Å². The lowest BCUT2D eigenvalue weighted by molar-refractivity contribution is 0.865. The Balaban J connectivity index is 1.16. The van der Waals surface area contributed by atoms with Crippen LogP contribution in [0.2, 0.25) is 0 Å². The van der Waals surface area contributed by atoms with Crippen molar-refractivity contribution in [2.24, 2.45) is 0 Å². The summed E-state index contributed by atoms with van der Waals surface area (Å²) in [5.41, 5.74) is 7.86. The summed E-state index contributed by atoms with van der Waals surface area (Å²) < 4.78 is 93.3. The standard InChI is InChI=1S/C60H43N5/c1-39(2)45-25-12-13-28-51(45)60-62-58(42-23-10-5-11-24-42)61-59(63-60)43-33-35-44(36-34-43)64-52-30-16-14-26-47(52)49-37-38-50-48-27-15-17-31-53(48)65(57(50)56(49)64)54-32-18-29-46(40-19-6-3-7-20-40)55(54)41-21-8-4-9-22-41/h3-39H,1-2H3/i3D,4D,6D,7D,8D,9D,19D,20D,21D,22D. The lowest BCUT2D eigenvalue weighted by Crippen LogP contribution is -2.03. The van der Waals surface area contributed by atoms with Gasteiger partial charge in [-0.25, -0.2) is 15.0 Å². The third-order valence-corrected chi connectivity index (χ3v) is 12.1. The molecule has 12 aromatic rings. The van der Waals surface area contributed by atoms with Crippen LogP contribution in [0.4, 0.5) is 0 Å². The highest BCUT2D eigenvalue weighted by molar-refractivity contribution is 6.24. The van der Waals surface area contributed by atoms with Gasteiger partial charge in [-0.05, 0) is 70.6 Å². The van der Waals surface area contributed by atoms with E-state index in [2.05, 4.69) is 48.7 Å². The second kappa shape index (κ2) is 15.7. The van der Waals surface area contributed by atoms with Gasteiger partial charge in [-0.3, -0.25) is 0 Å². The molecule has 0 amide bonds. The smallest absolute Gasteiger partial charge is 0.164 e. The quantitative estimate of drug-likeness (QED) is 0.153. The third-order valence-electron chi connectivity index (χ3n) is 12.1. The molecule has 9 aromatic carbocycles. The van der Waals surface area contributed by atoms with Gasteiger partial charge < -0.3 is 9.13 Å². The predicted octanol–water partition coefficient (Wildman–Crippen LogP) is 15.5. The normalized spacial score (nSPS) is 13.8. The topological polar surface area (TPSA) is 48.5 Å². The summed E-state index contributed by atoms with van der Waals surface area (Å²) in [7, 11) is 0. The Labute approximate surface area is 391 Å². The monoisotopic (exact) mass is 843 g/mol. The summed E-state index contributed by atoms with van der Waals surface area (Å²) in [5.74, 6) is 1.86. The number of para-hydroxylation sites is 2. The number of aromatic nitrogens is 5. The van der Waals surface area contributed by atoms with Gasteiger partial charge in [-0.15, -0.1) is 0 Å². The van der Waals surface area contributed by atoms with Crippen molar-refractivity contribution >= 4 is 43.6 Å². The van der Waals surface area contributed by atoms with Gasteiger partial charge in [0.15, 0.2) is 17.5 Å². The van der Waals surface area contributed by atoms with Gasteiger partial charge in [-0.1, -0.05) is 190 Å². The molecule has 0 radical (unpaired) electrons. The summed E-state index contributed by atoms with van der Waals surface area (Å²) >= 11 is 0. The summed E-state index contributed by atoms with van der Waals surface area (Å²) in [6.45, 7) is 4.31. The average Bonchev–Trinajstić information content (AvgIpc) is 4.00. The first-order chi connectivity index (χ1) is 36.2. The van der Waals surface area contributed by atoms with Crippen LogP contribution in [0.3, 0.4) is 0 Å². The molecule has 0 N–H and O–H groups in total. The van der Waals surface area contributed by atoms with Crippen LogP contribution in [0.5, 0.6) is 0 Å². The minimum atomic E-state index is -0.589. The molecule has 308 valence electrons. The zero-order valence-electron chi connectivity index (χ0n) is 45.3. The molecule has 0 unspecified atom stereocenters. The van der Waals surface area contributed by atoms with E-state index in [1.54, 1.807) is 18.2 Å². The first kappa shape index (κ1) is 29.0. The Hall–Kier alpha value is -8.41. The minimum Gasteiger partial charge on any atom is -0.307 e. The van der Waals surface area contributed by atoms with Crippen LogP contribution in [0.25, 0.3) is 111 Å². The highest BCUT2D eigenvalue weighted by Gasteiger charge is 2.24. The Kier molecular flexibility index (Phi) is 7.03. The van der Waals surface area contributed by atoms with E-state index < -0.39 is 60.4 Å². The lowest BCUT2D eigenvalue weighted by Gasteiger charge is -2.19. The van der Waals surface area contributed by atoms with Crippen molar-refractivity contribution in [2.75, 3.05) is 0 Å². The summed E-state index contributed by atoms with van der Waals surface area (Å²) in [4.78, 5) is 15.2. The number of rotatable bonds is 8. The molecule has 12 rings (SSSR count). The molecular formula is C60H43N5. The molecule has 5 heteroatoms. The van der Waals surface area contributed by atoms with Crippen molar-refractivity contribution in [3.8, 4) is 67.8 Å². The van der Waals surface area contributed by atoms with Crippen LogP contribution in [0.15, 0.2) is 218 Å². The van der Waals surface area contributed by atoms with E-state index in [0.717, 1.165) is 71.6 Å². The molecule has 5 nitrogen and oxygen atoms in total. The molecule has 0 bridgehead atoms. The zero-order chi connectivity index (χ0) is 52.1. The fourth-order valence-corrected chi connectivity index (χ4v) is 9.28. The van der Waals surface area contributed by atoms with Crippen molar-refractivity contribution in [2.45, 2.75) is 19.8 Å². The highest BCUT2D eigenvalue weighted by atomic mass is 15.1. The average molecular weight is 844 g/mol. The molecule has 0 spiro atoms. The molecule has 0 atom stereocenters. The highest BCUT2D eigenvalue weighted by Crippen LogP contribution is 2.45. The van der Waals surface area contributed by atoms with Gasteiger partial charge in [0.05, 0.1) is 41.5 Å². The fourth-order valence-electron chi connectivity index (χ4n) is 9.28. The maximum absolute atomic E-state index is 9.38. The maximum Gasteiger partial charge on any atom is 0.164 e. The van der Waals surface area contributed by atoms with Gasteiger partial charge in [0, 0.05) is 49.5 Å². The summed E-state index contributed by atoms with van der Waals surface area (Å²) in [6, 6.07) is 45.9. The maximum atomic E-state index is 9.38. The summed E-state index contributed by atoms with van der Waals surface area (Å²) in [6.07, 6.45) is 0. The molecule has 0 aliphatic rings. The number of hydrogen-bond donors (Lipinski definition) is 0. The Morgan fingerprint density at radius 1 is 0.400 bits per heavy atom. The van der Waals surface area contributed by atoms with E-state index in [1.807, 2.05) is 114 Å². The van der Waals surface area contributed by atoms with E-state index in [4.69, 9.17) is 25.9 Å². The Morgan fingerprint density at radius 2 is 0.923 bits per heavy atom. The molecule has 0 saturated carbocycles. The Morgan fingerprint density at radius 3 is 1.58 bits per heavy atom. The zero-order valence-corrected chi connectivity index (χ0v) is 35.3. The number of nitrogens with zero attached hydrogens (tertiary/aromatic N) is 5. The van der Waals surface area contributed by atoms with E-state index in [1.165, 1.54) is 0 Å². The van der Waals surface area contributed by atoms with E-state index in [0.29, 0.717) is 23.2 Å². The largest absolute Gasteiger partial charge is 0.307 e. The van der Waals surface area contributed by atoms with Crippen LogP contribution in [-0.2, 0) is 0 Å². The second-order valence-electron chi connectivity index (χ2n) is 16.2. The number of hydrogen-bond acceptors (Lipinski definition) is 3. The van der Waals surface area contributed by atoms with Crippen molar-refractivity contribution in [3.63, 3.8) is 0 Å². The molecular weight excluding hydrogens is 791 g/mol. The van der Waals surface area contributed by atoms with Gasteiger partial charge in [0.25, 0.3) is 0 Å². The molecule has 0 fully saturated rings. The number of benzene rings is 9. The van der Waals surface area contributed by atoms with Crippen LogP contribution < -0.4 is 0 Å². The predicted molar refractivity (Wildman–Crippen MR) is 270 cm³/mol. The van der Waals surface area contributed by atoms with E-state index >= 15 is 0 Å². The van der Waals surface area contributed by atoms with Crippen LogP contribution >= 0.6 is 0 Å². The van der Waals surface area contributed by atoms with E-state index in [9.17, 15) is 2.74 Å². The van der Waals surface area contributed by atoms with Crippen molar-refractivity contribution in [1.29, 1.82) is 0 Å². The van der Waals surface area contributed by atoms with Crippen LogP contribution in [-0.4, -0.2) is 24.1 Å². The molecule has 65 heavy (non-hydrogen) atoms. The first-order valence-electron chi connectivity index (χ1n) is 26.5. The number of fused-ring (bicyclic) bond motifs is 7. The summed E-state index contributed by atoms with van der Waals surface area (Å²) in [5, 5.41) is 3.59. The molecule has 0 aliphatic heterocycles. The lowest BCUT2D eigenvalue weighted by atomic mass is 9.93. The molecule has 0 aliphatic carbocycles. The minimum absolute atomic E-state index is 0.0990. The second-order valence-corrected chi connectivity index (χ2v) is 16.2. The third kappa shape index (κ3) is 6.43.